The molecule has 0 aromatic heterocycles. The lowest BCUT2D eigenvalue weighted by molar-refractivity contribution is 0.151. The van der Waals surface area contributed by atoms with Gasteiger partial charge >= 0.3 is 46.2 Å². The van der Waals surface area contributed by atoms with E-state index in [1.165, 1.54) is 5.67 Å². The average Bonchev–Trinajstić information content (AvgIpc) is 3.17. The SMILES string of the molecule is CC.CC1C[SiH](C)O[SiH](C)C[SiH](CC[Si](C)(C)O[Si](O[SiH2]CC[SiH]2O[SiH](C)CC(C)O[SiH](C)O2)(O[Si](C)(C)CC[SiH]2CC(C)O[SiH](C)O[SiH](C)O2)O[Si](C)(C)CC[SiH]2OC(C)C[SiH](C)O[SiH](C)O2)O1. The van der Waals surface area contributed by atoms with Gasteiger partial charge in [0.2, 0.25) is 0 Å². The van der Waals surface area contributed by atoms with Crippen molar-refractivity contribution in [3.63, 3.8) is 0 Å². The van der Waals surface area contributed by atoms with E-state index in [4.69, 9.17) is 63.0 Å². The molecule has 4 rings (SSSR count). The topological polar surface area (TPSA) is 138 Å². The molecule has 4 heterocycles. The van der Waals surface area contributed by atoms with Crippen LogP contribution in [0.2, 0.25) is 170 Å². The lowest BCUT2D eigenvalue weighted by Gasteiger charge is -2.44. The van der Waals surface area contributed by atoms with Crippen LogP contribution in [-0.2, 0) is 63.0 Å². The highest BCUT2D eigenvalue weighted by Crippen LogP contribution is 2.35. The van der Waals surface area contributed by atoms with Crippen molar-refractivity contribution in [2.75, 3.05) is 0 Å². The molecule has 4 saturated heterocycles. The molecular formula is C37H104O15Si17. The molecule has 69 heavy (non-hydrogen) atoms. The summed E-state index contributed by atoms with van der Waals surface area (Å²) in [5.41, 5.74) is 1.18. The minimum absolute atomic E-state index is 0.162. The van der Waals surface area contributed by atoms with Crippen molar-refractivity contribution in [1.82, 2.24) is 0 Å². The van der Waals surface area contributed by atoms with E-state index >= 15 is 0 Å². The Balaban J connectivity index is 0.00000622. The molecule has 0 aromatic carbocycles. The lowest BCUT2D eigenvalue weighted by atomic mass is 10.5. The van der Waals surface area contributed by atoms with Crippen molar-refractivity contribution in [2.45, 2.75) is 236 Å². The molecule has 32 heteroatoms. The van der Waals surface area contributed by atoms with Gasteiger partial charge in [-0.15, -0.1) is 0 Å². The normalized spacial score (nSPS) is 37.4. The highest BCUT2D eigenvalue weighted by Gasteiger charge is 2.56. The number of rotatable bonds is 20. The van der Waals surface area contributed by atoms with Gasteiger partial charge in [-0.3, -0.25) is 0 Å². The highest BCUT2D eigenvalue weighted by molar-refractivity contribution is 6.90. The Kier molecular flexibility index (Phi) is 31.0. The molecule has 0 N–H and O–H groups in total. The Morgan fingerprint density at radius 2 is 0.884 bits per heavy atom. The van der Waals surface area contributed by atoms with Crippen LogP contribution in [0.25, 0.3) is 0 Å². The molecule has 0 amide bonds. The molecule has 17 unspecified atom stereocenters. The molecule has 0 bridgehead atoms. The van der Waals surface area contributed by atoms with Crippen LogP contribution in [-0.4, -0.2) is 178 Å². The number of hydrogen-bond donors (Lipinski definition) is 0. The van der Waals surface area contributed by atoms with Crippen molar-refractivity contribution in [2.24, 2.45) is 0 Å². The summed E-state index contributed by atoms with van der Waals surface area (Å²) in [4.78, 5) is 0. The fourth-order valence-electron chi connectivity index (χ4n) is 9.98. The molecule has 4 aliphatic heterocycles. The van der Waals surface area contributed by atoms with Crippen molar-refractivity contribution in [3.05, 3.63) is 0 Å². The van der Waals surface area contributed by atoms with Gasteiger partial charge in [0.1, 0.15) is 0 Å². The van der Waals surface area contributed by atoms with Crippen molar-refractivity contribution >= 4 is 154 Å². The minimum atomic E-state index is -3.76. The second kappa shape index (κ2) is 32.2. The minimum Gasteiger partial charge on any atom is -0.460 e. The predicted octanol–water partition coefficient (Wildman–Crippen LogP) is 5.67. The first-order valence-corrected chi connectivity index (χ1v) is 65.6. The highest BCUT2D eigenvalue weighted by atomic mass is 28.5. The van der Waals surface area contributed by atoms with Crippen LogP contribution in [0.3, 0.4) is 0 Å². The average molecular weight is 1270 g/mol. The van der Waals surface area contributed by atoms with Gasteiger partial charge in [-0.05, 0) is 198 Å². The van der Waals surface area contributed by atoms with Crippen molar-refractivity contribution in [3.8, 4) is 0 Å². The third-order valence-corrected chi connectivity index (χ3v) is 70.9. The maximum atomic E-state index is 7.74. The van der Waals surface area contributed by atoms with Crippen LogP contribution in [0.15, 0.2) is 0 Å². The van der Waals surface area contributed by atoms with E-state index in [0.29, 0.717) is 0 Å². The number of hydrogen-bond acceptors (Lipinski definition) is 15. The molecule has 0 radical (unpaired) electrons. The summed E-state index contributed by atoms with van der Waals surface area (Å²) >= 11 is 0. The molecule has 4 aliphatic rings. The maximum Gasteiger partial charge on any atom is 0.636 e. The van der Waals surface area contributed by atoms with Gasteiger partial charge in [0.25, 0.3) is 18.6 Å². The Morgan fingerprint density at radius 1 is 0.435 bits per heavy atom. The Morgan fingerprint density at radius 3 is 1.48 bits per heavy atom. The van der Waals surface area contributed by atoms with E-state index < -0.39 is 154 Å². The van der Waals surface area contributed by atoms with E-state index in [2.05, 4.69) is 119 Å². The summed E-state index contributed by atoms with van der Waals surface area (Å²) in [6.45, 7) is 44.9. The molecule has 0 aliphatic carbocycles. The van der Waals surface area contributed by atoms with Gasteiger partial charge in [-0.25, -0.2) is 0 Å². The molecule has 410 valence electrons. The first kappa shape index (κ1) is 66.4. The monoisotopic (exact) mass is 1260 g/mol. The fourth-order valence-corrected chi connectivity index (χ4v) is 75.6. The maximum absolute atomic E-state index is 7.74. The quantitative estimate of drug-likeness (QED) is 0.109. The van der Waals surface area contributed by atoms with E-state index in [1.54, 1.807) is 0 Å². The largest absolute Gasteiger partial charge is 0.636 e. The zero-order chi connectivity index (χ0) is 51.7. The zero-order valence-electron chi connectivity index (χ0n) is 47.3. The summed E-state index contributed by atoms with van der Waals surface area (Å²) in [5, 5.41) is 0. The van der Waals surface area contributed by atoms with Gasteiger partial charge in [0, 0.05) is 24.4 Å². The summed E-state index contributed by atoms with van der Waals surface area (Å²) in [6, 6.07) is 11.8. The molecule has 17 atom stereocenters. The van der Waals surface area contributed by atoms with Crippen LogP contribution < -0.4 is 0 Å². The van der Waals surface area contributed by atoms with Gasteiger partial charge < -0.3 is 63.0 Å². The molecule has 0 aromatic rings. The van der Waals surface area contributed by atoms with Gasteiger partial charge in [0.05, 0.1) is 0 Å². The second-order valence-corrected chi connectivity index (χ2v) is 70.0. The summed E-state index contributed by atoms with van der Waals surface area (Å²) in [6.07, 6.45) is 0.827. The third-order valence-electron chi connectivity index (χ3n) is 12.8. The van der Waals surface area contributed by atoms with E-state index in [-0.39, 0.29) is 24.4 Å². The van der Waals surface area contributed by atoms with Crippen molar-refractivity contribution < 1.29 is 63.0 Å². The van der Waals surface area contributed by atoms with E-state index in [9.17, 15) is 0 Å². The van der Waals surface area contributed by atoms with E-state index in [1.807, 2.05) is 13.8 Å². The van der Waals surface area contributed by atoms with Crippen LogP contribution in [0, 0.1) is 0 Å². The Hall–Kier alpha value is 3.09. The first-order chi connectivity index (χ1) is 32.2. The fraction of sp³-hybridized carbons (Fsp3) is 1.00. The van der Waals surface area contributed by atoms with E-state index in [0.717, 1.165) is 72.5 Å². The lowest BCUT2D eigenvalue weighted by Crippen LogP contribution is -2.64. The zero-order valence-corrected chi connectivity index (χ0v) is 66.5. The predicted molar refractivity (Wildman–Crippen MR) is 327 cm³/mol. The molecule has 0 saturated carbocycles. The second-order valence-electron chi connectivity index (χ2n) is 22.2. The molecule has 15 nitrogen and oxygen atoms in total. The molecular weight excluding hydrogens is 1160 g/mol. The summed E-state index contributed by atoms with van der Waals surface area (Å²) in [5.74, 6) is 0. The summed E-state index contributed by atoms with van der Waals surface area (Å²) < 4.78 is 103. The first-order valence-electron chi connectivity index (χ1n) is 27.1. The van der Waals surface area contributed by atoms with Crippen LogP contribution >= 0.6 is 0 Å². The Labute approximate surface area is 449 Å². The van der Waals surface area contributed by atoms with Crippen LogP contribution in [0.4, 0.5) is 0 Å². The summed E-state index contributed by atoms with van der Waals surface area (Å²) in [7, 11) is -31.4. The molecule has 4 fully saturated rings. The van der Waals surface area contributed by atoms with Crippen LogP contribution in [0.5, 0.6) is 0 Å². The molecule has 0 spiro atoms. The Bertz CT molecular complexity index is 1250. The van der Waals surface area contributed by atoms with Gasteiger partial charge in [0.15, 0.2) is 89.0 Å². The van der Waals surface area contributed by atoms with Crippen LogP contribution in [0.1, 0.15) is 41.5 Å². The van der Waals surface area contributed by atoms with Crippen molar-refractivity contribution in [1.29, 1.82) is 0 Å². The standard InChI is InChI=1S/C35H98O15Si17.C2H6/c1-32-27-54(7)43-63(46-57(10)36-32)20-19-51-40-67(48-64(13,14)24-21-60-30-35(4)37-56(9)44-59(12)45-60,49-65(15,16)25-22-61-31-55(8)41-52(5)28-33(2)38-61)50-66(17,18)26-23-62-39-34(3)29-53(6)42-58(11)47-62;1-2/h32-35,52-63H,19-31,51H2,1-18H3;1-2H3. The van der Waals surface area contributed by atoms with Gasteiger partial charge in [-0.2, -0.15) is 0 Å². The smallest absolute Gasteiger partial charge is 0.460 e. The third kappa shape index (κ3) is 27.5. The van der Waals surface area contributed by atoms with Gasteiger partial charge in [-0.1, -0.05) is 13.8 Å².